The number of nitrogens with zero attached hydrogens (tertiary/aromatic N) is 4. The van der Waals surface area contributed by atoms with E-state index in [2.05, 4.69) is 67.6 Å². The highest BCUT2D eigenvalue weighted by Gasteiger charge is 2.07. The highest BCUT2D eigenvalue weighted by Crippen LogP contribution is 2.22. The van der Waals surface area contributed by atoms with Gasteiger partial charge in [-0.25, -0.2) is 9.97 Å². The average Bonchev–Trinajstić information content (AvgIpc) is 3.13. The Morgan fingerprint density at radius 2 is 1.68 bits per heavy atom. The minimum Gasteiger partial charge on any atom is -0.379 e. The molecule has 2 aromatic heterocycles. The zero-order valence-electron chi connectivity index (χ0n) is 15.4. The first kappa shape index (κ1) is 18.1. The molecule has 0 atom stereocenters. The monoisotopic (exact) mass is 388 g/mol. The summed E-state index contributed by atoms with van der Waals surface area (Å²) in [5.74, 6) is 0.597. The second-order valence-corrected chi connectivity index (χ2v) is 7.04. The quantitative estimate of drug-likeness (QED) is 0.451. The zero-order chi connectivity index (χ0) is 19.2. The minimum absolute atomic E-state index is 0.597. The minimum atomic E-state index is 0.597. The lowest BCUT2D eigenvalue weighted by Gasteiger charge is -2.08. The molecular weight excluding hydrogens is 368 g/mol. The van der Waals surface area contributed by atoms with Gasteiger partial charge in [0.1, 0.15) is 0 Å². The molecule has 0 spiro atoms. The highest BCUT2D eigenvalue weighted by molar-refractivity contribution is 8.00. The van der Waals surface area contributed by atoms with Crippen molar-refractivity contribution in [3.8, 4) is 11.3 Å². The van der Waals surface area contributed by atoms with Crippen LogP contribution in [0.1, 0.15) is 5.69 Å². The number of benzene rings is 2. The van der Waals surface area contributed by atoms with E-state index in [0.29, 0.717) is 12.5 Å². The van der Waals surface area contributed by atoms with E-state index in [9.17, 15) is 0 Å². The summed E-state index contributed by atoms with van der Waals surface area (Å²) in [6, 6.07) is 22.4. The standard InChI is InChI=1S/C21H20N6S/c1-27-18(14-20(25-27)16-6-3-2-4-7-16)15-24-17-8-10-19(11-9-17)28-26-21-22-12-5-13-23-21/h2-14,24H,15H2,1H3,(H,22,23,26). The Bertz CT molecular complexity index is 1020. The first-order valence-electron chi connectivity index (χ1n) is 8.90. The second-order valence-electron chi connectivity index (χ2n) is 6.17. The van der Waals surface area contributed by atoms with Gasteiger partial charge in [0.2, 0.25) is 5.95 Å². The highest BCUT2D eigenvalue weighted by atomic mass is 32.2. The van der Waals surface area contributed by atoms with E-state index >= 15 is 0 Å². The van der Waals surface area contributed by atoms with Crippen LogP contribution in [-0.2, 0) is 13.6 Å². The normalized spacial score (nSPS) is 10.6. The van der Waals surface area contributed by atoms with E-state index in [1.165, 1.54) is 11.9 Å². The third-order valence-corrected chi connectivity index (χ3v) is 4.99. The van der Waals surface area contributed by atoms with Crippen LogP contribution < -0.4 is 10.0 Å². The van der Waals surface area contributed by atoms with E-state index in [-0.39, 0.29) is 0 Å². The molecule has 0 fully saturated rings. The Kier molecular flexibility index (Phi) is 5.53. The third kappa shape index (κ3) is 4.50. The van der Waals surface area contributed by atoms with Gasteiger partial charge in [0, 0.05) is 35.6 Å². The summed E-state index contributed by atoms with van der Waals surface area (Å²) in [4.78, 5) is 9.37. The predicted molar refractivity (Wildman–Crippen MR) is 114 cm³/mol. The van der Waals surface area contributed by atoms with Gasteiger partial charge < -0.3 is 5.32 Å². The molecule has 6 nitrogen and oxygen atoms in total. The molecule has 2 aromatic carbocycles. The van der Waals surface area contributed by atoms with Gasteiger partial charge in [0.25, 0.3) is 0 Å². The Hall–Kier alpha value is -3.32. The van der Waals surface area contributed by atoms with Crippen LogP contribution in [0.25, 0.3) is 11.3 Å². The maximum atomic E-state index is 4.61. The van der Waals surface area contributed by atoms with Crippen LogP contribution in [0.3, 0.4) is 0 Å². The van der Waals surface area contributed by atoms with Crippen molar-refractivity contribution in [1.29, 1.82) is 0 Å². The van der Waals surface area contributed by atoms with Crippen molar-refractivity contribution in [2.24, 2.45) is 7.05 Å². The molecule has 0 radical (unpaired) electrons. The fourth-order valence-corrected chi connectivity index (χ4v) is 3.30. The van der Waals surface area contributed by atoms with Gasteiger partial charge in [-0.3, -0.25) is 9.40 Å². The summed E-state index contributed by atoms with van der Waals surface area (Å²) in [5, 5.41) is 8.07. The van der Waals surface area contributed by atoms with E-state index in [4.69, 9.17) is 0 Å². The van der Waals surface area contributed by atoms with E-state index in [0.717, 1.165) is 27.5 Å². The lowest BCUT2D eigenvalue weighted by molar-refractivity contribution is 0.723. The van der Waals surface area contributed by atoms with Crippen molar-refractivity contribution >= 4 is 23.6 Å². The summed E-state index contributed by atoms with van der Waals surface area (Å²) in [6.07, 6.45) is 3.43. The Balaban J connectivity index is 1.34. The van der Waals surface area contributed by atoms with E-state index in [1.54, 1.807) is 18.5 Å². The number of hydrogen-bond donors (Lipinski definition) is 2. The molecule has 0 bridgehead atoms. The molecule has 2 heterocycles. The number of rotatable bonds is 7. The molecule has 0 unspecified atom stereocenters. The first-order chi connectivity index (χ1) is 13.8. The van der Waals surface area contributed by atoms with Crippen molar-refractivity contribution in [2.75, 3.05) is 10.0 Å². The summed E-state index contributed by atoms with van der Waals surface area (Å²) >= 11 is 1.48. The summed E-state index contributed by atoms with van der Waals surface area (Å²) in [5.41, 5.74) is 4.30. The van der Waals surface area contributed by atoms with Gasteiger partial charge in [-0.1, -0.05) is 30.3 Å². The van der Waals surface area contributed by atoms with Crippen LogP contribution in [0, 0.1) is 0 Å². The van der Waals surface area contributed by atoms with Crippen LogP contribution in [-0.4, -0.2) is 19.7 Å². The van der Waals surface area contributed by atoms with Crippen LogP contribution in [0.5, 0.6) is 0 Å². The van der Waals surface area contributed by atoms with Crippen LogP contribution in [0.15, 0.2) is 84.0 Å². The molecule has 4 rings (SSSR count). The van der Waals surface area contributed by atoms with Crippen LogP contribution in [0.4, 0.5) is 11.6 Å². The molecule has 0 aliphatic carbocycles. The fourth-order valence-electron chi connectivity index (χ4n) is 2.71. The summed E-state index contributed by atoms with van der Waals surface area (Å²) in [7, 11) is 1.97. The van der Waals surface area contributed by atoms with Gasteiger partial charge in [0.15, 0.2) is 0 Å². The van der Waals surface area contributed by atoms with Gasteiger partial charge >= 0.3 is 0 Å². The SMILES string of the molecule is Cn1nc(-c2ccccc2)cc1CNc1ccc(SNc2ncccn2)cc1. The van der Waals surface area contributed by atoms with Crippen molar-refractivity contribution in [3.05, 3.63) is 84.8 Å². The van der Waals surface area contributed by atoms with Crippen LogP contribution >= 0.6 is 11.9 Å². The summed E-state index contributed by atoms with van der Waals surface area (Å²) < 4.78 is 5.05. The average molecular weight is 388 g/mol. The smallest absolute Gasteiger partial charge is 0.233 e. The maximum Gasteiger partial charge on any atom is 0.233 e. The maximum absolute atomic E-state index is 4.61. The molecule has 140 valence electrons. The topological polar surface area (TPSA) is 67.7 Å². The zero-order valence-corrected chi connectivity index (χ0v) is 16.2. The summed E-state index contributed by atoms with van der Waals surface area (Å²) in [6.45, 7) is 0.707. The Labute approximate surface area is 168 Å². The van der Waals surface area contributed by atoms with E-state index in [1.807, 2.05) is 29.9 Å². The number of hydrogen-bond acceptors (Lipinski definition) is 6. The van der Waals surface area contributed by atoms with E-state index < -0.39 is 0 Å². The molecule has 28 heavy (non-hydrogen) atoms. The molecule has 0 aliphatic rings. The molecule has 4 aromatic rings. The number of aryl methyl sites for hydroxylation is 1. The lowest BCUT2D eigenvalue weighted by atomic mass is 10.1. The Morgan fingerprint density at radius 3 is 2.43 bits per heavy atom. The molecule has 0 saturated carbocycles. The molecular formula is C21H20N6S. The number of anilines is 2. The third-order valence-electron chi connectivity index (χ3n) is 4.20. The van der Waals surface area contributed by atoms with Gasteiger partial charge in [-0.15, -0.1) is 0 Å². The van der Waals surface area contributed by atoms with Crippen molar-refractivity contribution in [2.45, 2.75) is 11.4 Å². The molecule has 2 N–H and O–H groups in total. The predicted octanol–water partition coefficient (Wildman–Crippen LogP) is 4.61. The van der Waals surface area contributed by atoms with Crippen molar-refractivity contribution in [1.82, 2.24) is 19.7 Å². The number of nitrogens with one attached hydrogen (secondary N) is 2. The van der Waals surface area contributed by atoms with Gasteiger partial charge in [0.05, 0.1) is 17.9 Å². The van der Waals surface area contributed by atoms with Gasteiger partial charge in [-0.05, 0) is 48.3 Å². The second kappa shape index (κ2) is 8.58. The molecule has 7 heteroatoms. The fraction of sp³-hybridized carbons (Fsp3) is 0.0952. The first-order valence-corrected chi connectivity index (χ1v) is 9.72. The Morgan fingerprint density at radius 1 is 0.929 bits per heavy atom. The van der Waals surface area contributed by atoms with Crippen molar-refractivity contribution < 1.29 is 0 Å². The number of aromatic nitrogens is 4. The largest absolute Gasteiger partial charge is 0.379 e. The van der Waals surface area contributed by atoms with Gasteiger partial charge in [-0.2, -0.15) is 5.10 Å². The lowest BCUT2D eigenvalue weighted by Crippen LogP contribution is -2.05. The van der Waals surface area contributed by atoms with Crippen molar-refractivity contribution in [3.63, 3.8) is 0 Å². The van der Waals surface area contributed by atoms with Crippen LogP contribution in [0.2, 0.25) is 0 Å². The molecule has 0 aliphatic heterocycles. The molecule has 0 saturated heterocycles. The molecule has 0 amide bonds.